The number of hydrogen-bond acceptors (Lipinski definition) is 3. The summed E-state index contributed by atoms with van der Waals surface area (Å²) in [5, 5.41) is 8.71. The molecular formula is C7H15NO3S. The van der Waals surface area contributed by atoms with Crippen LogP contribution in [0.2, 0.25) is 0 Å². The number of hydrogen-bond donors (Lipinski definition) is 2. The molecule has 0 aliphatic heterocycles. The van der Waals surface area contributed by atoms with Gasteiger partial charge in [-0.1, -0.05) is 0 Å². The molecule has 1 atom stereocenters. The number of aliphatic hydroxyl groups excluding tert-OH is 1. The van der Waals surface area contributed by atoms with Crippen molar-refractivity contribution in [1.82, 2.24) is 4.72 Å². The highest BCUT2D eigenvalue weighted by molar-refractivity contribution is 7.90. The first-order valence-electron chi connectivity index (χ1n) is 4.19. The van der Waals surface area contributed by atoms with E-state index >= 15 is 0 Å². The molecule has 0 aromatic heterocycles. The molecule has 0 aromatic rings. The Hall–Kier alpha value is -0.130. The van der Waals surface area contributed by atoms with Crippen molar-refractivity contribution in [3.8, 4) is 0 Å². The average Bonchev–Trinajstić information content (AvgIpc) is 2.65. The van der Waals surface area contributed by atoms with Crippen molar-refractivity contribution in [3.63, 3.8) is 0 Å². The van der Waals surface area contributed by atoms with E-state index in [9.17, 15) is 8.42 Å². The molecule has 0 heterocycles. The smallest absolute Gasteiger partial charge is 0.214 e. The van der Waals surface area contributed by atoms with E-state index in [1.165, 1.54) is 0 Å². The van der Waals surface area contributed by atoms with Crippen molar-refractivity contribution in [2.24, 2.45) is 0 Å². The molecule has 0 saturated heterocycles. The van der Waals surface area contributed by atoms with Gasteiger partial charge in [-0.25, -0.2) is 13.1 Å². The first kappa shape index (κ1) is 9.95. The molecule has 1 aliphatic rings. The predicted molar refractivity (Wildman–Crippen MR) is 46.2 cm³/mol. The molecule has 0 radical (unpaired) electrons. The fourth-order valence-corrected chi connectivity index (χ4v) is 2.30. The van der Waals surface area contributed by atoms with Crippen LogP contribution in [0.15, 0.2) is 0 Å². The summed E-state index contributed by atoms with van der Waals surface area (Å²) < 4.78 is 24.8. The Morgan fingerprint density at radius 2 is 2.17 bits per heavy atom. The fraction of sp³-hybridized carbons (Fsp3) is 1.00. The summed E-state index contributed by atoms with van der Waals surface area (Å²) in [6, 6.07) is 0. The van der Waals surface area contributed by atoms with Gasteiger partial charge in [-0.15, -0.1) is 0 Å². The maximum Gasteiger partial charge on any atom is 0.214 e. The summed E-state index contributed by atoms with van der Waals surface area (Å²) in [7, 11) is -3.04. The summed E-state index contributed by atoms with van der Waals surface area (Å²) >= 11 is 0. The molecule has 1 unspecified atom stereocenters. The van der Waals surface area contributed by atoms with Gasteiger partial charge in [-0.3, -0.25) is 0 Å². The number of rotatable bonds is 5. The molecule has 72 valence electrons. The van der Waals surface area contributed by atoms with Gasteiger partial charge in [0.1, 0.15) is 0 Å². The molecule has 5 heteroatoms. The van der Waals surface area contributed by atoms with Crippen LogP contribution < -0.4 is 4.72 Å². The van der Waals surface area contributed by atoms with Crippen LogP contribution in [0.5, 0.6) is 0 Å². The van der Waals surface area contributed by atoms with Crippen molar-refractivity contribution in [1.29, 1.82) is 0 Å². The van der Waals surface area contributed by atoms with E-state index in [0.717, 1.165) is 12.8 Å². The lowest BCUT2D eigenvalue weighted by atomic mass is 10.3. The van der Waals surface area contributed by atoms with Gasteiger partial charge in [0.15, 0.2) is 0 Å². The highest BCUT2D eigenvalue weighted by Gasteiger charge is 2.35. The normalized spacial score (nSPS) is 20.8. The lowest BCUT2D eigenvalue weighted by Crippen LogP contribution is -2.29. The van der Waals surface area contributed by atoms with Crippen molar-refractivity contribution < 1.29 is 13.5 Å². The SMILES string of the molecule is CC(O)CCNS(=O)(=O)C1CC1. The zero-order valence-electron chi connectivity index (χ0n) is 7.16. The van der Waals surface area contributed by atoms with E-state index in [1.807, 2.05) is 0 Å². The van der Waals surface area contributed by atoms with E-state index in [0.29, 0.717) is 13.0 Å². The Bertz CT molecular complexity index is 231. The second-order valence-electron chi connectivity index (χ2n) is 3.28. The summed E-state index contributed by atoms with van der Waals surface area (Å²) in [4.78, 5) is 0. The molecule has 12 heavy (non-hydrogen) atoms. The Kier molecular flexibility index (Phi) is 3.09. The molecule has 2 N–H and O–H groups in total. The minimum absolute atomic E-state index is 0.161. The van der Waals surface area contributed by atoms with Crippen LogP contribution in [-0.2, 0) is 10.0 Å². The van der Waals surface area contributed by atoms with Gasteiger partial charge in [0.05, 0.1) is 11.4 Å². The minimum atomic E-state index is -3.04. The topological polar surface area (TPSA) is 66.4 Å². The highest BCUT2D eigenvalue weighted by atomic mass is 32.2. The molecule has 0 spiro atoms. The third kappa shape index (κ3) is 3.08. The van der Waals surface area contributed by atoms with Gasteiger partial charge in [0.2, 0.25) is 10.0 Å². The Morgan fingerprint density at radius 3 is 2.58 bits per heavy atom. The van der Waals surface area contributed by atoms with Crippen molar-refractivity contribution in [2.45, 2.75) is 37.5 Å². The summed E-state index contributed by atoms with van der Waals surface area (Å²) in [5.74, 6) is 0. The van der Waals surface area contributed by atoms with Gasteiger partial charge in [0, 0.05) is 6.54 Å². The van der Waals surface area contributed by atoms with Crippen LogP contribution in [0, 0.1) is 0 Å². The van der Waals surface area contributed by atoms with E-state index in [4.69, 9.17) is 5.11 Å². The van der Waals surface area contributed by atoms with Gasteiger partial charge >= 0.3 is 0 Å². The molecule has 1 aliphatic carbocycles. The fourth-order valence-electron chi connectivity index (χ4n) is 0.906. The van der Waals surface area contributed by atoms with Gasteiger partial charge in [0.25, 0.3) is 0 Å². The predicted octanol–water partition coefficient (Wildman–Crippen LogP) is -0.161. The maximum atomic E-state index is 11.2. The summed E-state index contributed by atoms with van der Waals surface area (Å²) in [5.41, 5.74) is 0. The highest BCUT2D eigenvalue weighted by Crippen LogP contribution is 2.27. The molecule has 4 nitrogen and oxygen atoms in total. The first-order valence-corrected chi connectivity index (χ1v) is 5.73. The minimum Gasteiger partial charge on any atom is -0.393 e. The quantitative estimate of drug-likeness (QED) is 0.637. The van der Waals surface area contributed by atoms with Crippen LogP contribution in [0.1, 0.15) is 26.2 Å². The Morgan fingerprint density at radius 1 is 1.58 bits per heavy atom. The van der Waals surface area contributed by atoms with Gasteiger partial charge < -0.3 is 5.11 Å². The second-order valence-corrected chi connectivity index (χ2v) is 5.32. The van der Waals surface area contributed by atoms with E-state index in [1.54, 1.807) is 6.92 Å². The number of aliphatic hydroxyl groups is 1. The molecule has 1 saturated carbocycles. The van der Waals surface area contributed by atoms with Crippen molar-refractivity contribution >= 4 is 10.0 Å². The average molecular weight is 193 g/mol. The van der Waals surface area contributed by atoms with Crippen LogP contribution >= 0.6 is 0 Å². The lowest BCUT2D eigenvalue weighted by Gasteiger charge is -2.06. The van der Waals surface area contributed by atoms with Crippen LogP contribution in [0.4, 0.5) is 0 Å². The molecule has 0 bridgehead atoms. The molecule has 0 aromatic carbocycles. The standard InChI is InChI=1S/C7H15NO3S/c1-6(9)4-5-8-12(10,11)7-2-3-7/h6-9H,2-5H2,1H3. The molecule has 1 rings (SSSR count). The molecule has 0 amide bonds. The summed E-state index contributed by atoms with van der Waals surface area (Å²) in [6.45, 7) is 1.99. The summed E-state index contributed by atoms with van der Waals surface area (Å²) in [6.07, 6.45) is 1.60. The van der Waals surface area contributed by atoms with Crippen molar-refractivity contribution in [2.75, 3.05) is 6.54 Å². The Labute approximate surface area is 73.0 Å². The maximum absolute atomic E-state index is 11.2. The van der Waals surface area contributed by atoms with E-state index in [2.05, 4.69) is 4.72 Å². The van der Waals surface area contributed by atoms with E-state index < -0.39 is 16.1 Å². The van der Waals surface area contributed by atoms with Gasteiger partial charge in [-0.05, 0) is 26.2 Å². The third-order valence-corrected chi connectivity index (χ3v) is 3.78. The largest absolute Gasteiger partial charge is 0.393 e. The second kappa shape index (κ2) is 3.72. The van der Waals surface area contributed by atoms with Gasteiger partial charge in [-0.2, -0.15) is 0 Å². The van der Waals surface area contributed by atoms with Crippen LogP contribution in [0.25, 0.3) is 0 Å². The lowest BCUT2D eigenvalue weighted by molar-refractivity contribution is 0.186. The zero-order chi connectivity index (χ0) is 9.19. The number of sulfonamides is 1. The van der Waals surface area contributed by atoms with Crippen LogP contribution in [-0.4, -0.2) is 31.4 Å². The molecular weight excluding hydrogens is 178 g/mol. The number of nitrogens with one attached hydrogen (secondary N) is 1. The monoisotopic (exact) mass is 193 g/mol. The Balaban J connectivity index is 2.21. The zero-order valence-corrected chi connectivity index (χ0v) is 7.97. The molecule has 1 fully saturated rings. The third-order valence-electron chi connectivity index (χ3n) is 1.83. The van der Waals surface area contributed by atoms with Crippen LogP contribution in [0.3, 0.4) is 0 Å². The van der Waals surface area contributed by atoms with E-state index in [-0.39, 0.29) is 5.25 Å². The van der Waals surface area contributed by atoms with Crippen molar-refractivity contribution in [3.05, 3.63) is 0 Å². The first-order chi connectivity index (χ1) is 5.52.